The Kier molecular flexibility index (Phi) is 4.57. The smallest absolute Gasteiger partial charge is 0.0959 e. The number of nitrogens with zero attached hydrogens (tertiary/aromatic N) is 1. The van der Waals surface area contributed by atoms with Crippen LogP contribution in [-0.4, -0.2) is 11.5 Å². The second-order valence-corrected chi connectivity index (χ2v) is 6.46. The van der Waals surface area contributed by atoms with E-state index in [1.807, 2.05) is 11.3 Å². The van der Waals surface area contributed by atoms with Crippen molar-refractivity contribution < 1.29 is 0 Å². The zero-order valence-corrected chi connectivity index (χ0v) is 11.8. The Morgan fingerprint density at radius 1 is 1.35 bits per heavy atom. The van der Waals surface area contributed by atoms with Gasteiger partial charge in [0.1, 0.15) is 0 Å². The highest BCUT2D eigenvalue weighted by atomic mass is 32.1. The van der Waals surface area contributed by atoms with Gasteiger partial charge in [-0.3, -0.25) is 0 Å². The van der Waals surface area contributed by atoms with Gasteiger partial charge in [-0.05, 0) is 44.1 Å². The summed E-state index contributed by atoms with van der Waals surface area (Å²) in [5, 5.41) is 3.55. The molecule has 0 atom stereocenters. The molecule has 0 saturated heterocycles. The molecule has 1 saturated carbocycles. The maximum atomic E-state index is 5.56. The van der Waals surface area contributed by atoms with Crippen molar-refractivity contribution in [2.24, 2.45) is 17.6 Å². The van der Waals surface area contributed by atoms with Gasteiger partial charge < -0.3 is 5.73 Å². The Morgan fingerprint density at radius 2 is 2.06 bits per heavy atom. The first-order chi connectivity index (χ1) is 8.20. The molecule has 2 rings (SSSR count). The Balaban J connectivity index is 1.91. The van der Waals surface area contributed by atoms with Gasteiger partial charge >= 0.3 is 0 Å². The summed E-state index contributed by atoms with van der Waals surface area (Å²) < 4.78 is 0. The predicted octanol–water partition coefficient (Wildman–Crippen LogP) is 3.57. The van der Waals surface area contributed by atoms with Gasteiger partial charge in [0, 0.05) is 17.7 Å². The van der Waals surface area contributed by atoms with Crippen molar-refractivity contribution >= 4 is 11.3 Å². The summed E-state index contributed by atoms with van der Waals surface area (Å²) in [6.45, 7) is 5.42. The first kappa shape index (κ1) is 13.0. The molecular weight excluding hydrogens is 228 g/mol. The van der Waals surface area contributed by atoms with Crippen LogP contribution in [0, 0.1) is 11.8 Å². The van der Waals surface area contributed by atoms with Crippen LogP contribution in [0.25, 0.3) is 0 Å². The van der Waals surface area contributed by atoms with Gasteiger partial charge in [-0.15, -0.1) is 11.3 Å². The van der Waals surface area contributed by atoms with Crippen LogP contribution in [0.2, 0.25) is 0 Å². The molecule has 0 aliphatic heterocycles. The minimum absolute atomic E-state index is 0.712. The maximum Gasteiger partial charge on any atom is 0.0959 e. The van der Waals surface area contributed by atoms with Crippen LogP contribution < -0.4 is 5.73 Å². The van der Waals surface area contributed by atoms with E-state index < -0.39 is 0 Å². The molecule has 1 aliphatic carbocycles. The standard InChI is InChI=1S/C14H24N2S/c1-10(2)11-3-5-12(6-4-11)14-16-13(7-8-15)9-17-14/h9-12H,3-8,15H2,1-2H3. The fourth-order valence-electron chi connectivity index (χ4n) is 2.81. The fourth-order valence-corrected chi connectivity index (χ4v) is 3.83. The monoisotopic (exact) mass is 252 g/mol. The summed E-state index contributed by atoms with van der Waals surface area (Å²) >= 11 is 1.84. The van der Waals surface area contributed by atoms with Gasteiger partial charge in [0.2, 0.25) is 0 Å². The van der Waals surface area contributed by atoms with E-state index >= 15 is 0 Å². The largest absolute Gasteiger partial charge is 0.330 e. The van der Waals surface area contributed by atoms with Crippen LogP contribution >= 0.6 is 11.3 Å². The summed E-state index contributed by atoms with van der Waals surface area (Å²) in [6, 6.07) is 0. The molecule has 17 heavy (non-hydrogen) atoms. The molecule has 1 aromatic rings. The SMILES string of the molecule is CC(C)C1CCC(c2nc(CCN)cs2)CC1. The van der Waals surface area contributed by atoms with Crippen molar-refractivity contribution in [2.75, 3.05) is 6.54 Å². The summed E-state index contributed by atoms with van der Waals surface area (Å²) in [4.78, 5) is 4.73. The number of hydrogen-bond donors (Lipinski definition) is 1. The van der Waals surface area contributed by atoms with Gasteiger partial charge in [-0.25, -0.2) is 4.98 Å². The van der Waals surface area contributed by atoms with Gasteiger partial charge in [-0.1, -0.05) is 13.8 Å². The number of hydrogen-bond acceptors (Lipinski definition) is 3. The Labute approximate surface area is 109 Å². The van der Waals surface area contributed by atoms with E-state index in [1.165, 1.54) is 36.4 Å². The summed E-state index contributed by atoms with van der Waals surface area (Å²) in [5.74, 6) is 2.51. The van der Waals surface area contributed by atoms with Crippen molar-refractivity contribution in [1.29, 1.82) is 0 Å². The molecule has 2 N–H and O–H groups in total. The minimum Gasteiger partial charge on any atom is -0.330 e. The lowest BCUT2D eigenvalue weighted by Gasteiger charge is -2.29. The number of aromatic nitrogens is 1. The van der Waals surface area contributed by atoms with E-state index in [0.717, 1.165) is 24.2 Å². The lowest BCUT2D eigenvalue weighted by molar-refractivity contribution is 0.258. The molecule has 0 bridgehead atoms. The zero-order valence-electron chi connectivity index (χ0n) is 11.0. The van der Waals surface area contributed by atoms with E-state index in [9.17, 15) is 0 Å². The molecule has 1 aromatic heterocycles. The van der Waals surface area contributed by atoms with Gasteiger partial charge in [0.05, 0.1) is 10.7 Å². The molecule has 0 spiro atoms. The van der Waals surface area contributed by atoms with E-state index in [0.29, 0.717) is 6.54 Å². The van der Waals surface area contributed by atoms with E-state index in [4.69, 9.17) is 10.7 Å². The Morgan fingerprint density at radius 3 is 2.65 bits per heavy atom. The van der Waals surface area contributed by atoms with Crippen LogP contribution in [-0.2, 0) is 6.42 Å². The van der Waals surface area contributed by atoms with Crippen LogP contribution in [0.1, 0.15) is 56.2 Å². The average molecular weight is 252 g/mol. The first-order valence-corrected chi connectivity index (χ1v) is 7.73. The van der Waals surface area contributed by atoms with E-state index in [-0.39, 0.29) is 0 Å². The van der Waals surface area contributed by atoms with Crippen molar-refractivity contribution in [3.63, 3.8) is 0 Å². The summed E-state index contributed by atoms with van der Waals surface area (Å²) in [7, 11) is 0. The summed E-state index contributed by atoms with van der Waals surface area (Å²) in [6.07, 6.45) is 6.36. The minimum atomic E-state index is 0.712. The Hall–Kier alpha value is -0.410. The van der Waals surface area contributed by atoms with Crippen LogP contribution in [0.4, 0.5) is 0 Å². The highest BCUT2D eigenvalue weighted by Gasteiger charge is 2.25. The quantitative estimate of drug-likeness (QED) is 0.889. The third-order valence-electron chi connectivity index (χ3n) is 4.03. The molecule has 3 heteroatoms. The van der Waals surface area contributed by atoms with Crippen LogP contribution in [0.3, 0.4) is 0 Å². The molecular formula is C14H24N2S. The second kappa shape index (κ2) is 5.96. The van der Waals surface area contributed by atoms with Crippen LogP contribution in [0.15, 0.2) is 5.38 Å². The number of nitrogens with two attached hydrogens (primary N) is 1. The van der Waals surface area contributed by atoms with E-state index in [1.54, 1.807) is 0 Å². The molecule has 1 aliphatic rings. The lowest BCUT2D eigenvalue weighted by Crippen LogP contribution is -2.17. The summed E-state index contributed by atoms with van der Waals surface area (Å²) in [5.41, 5.74) is 6.76. The average Bonchev–Trinajstić information content (AvgIpc) is 2.78. The number of thiazole rings is 1. The predicted molar refractivity (Wildman–Crippen MR) is 74.4 cm³/mol. The maximum absolute atomic E-state index is 5.56. The zero-order chi connectivity index (χ0) is 12.3. The molecule has 0 amide bonds. The topological polar surface area (TPSA) is 38.9 Å². The molecule has 2 nitrogen and oxygen atoms in total. The molecule has 0 radical (unpaired) electrons. The molecule has 0 unspecified atom stereocenters. The molecule has 96 valence electrons. The highest BCUT2D eigenvalue weighted by Crippen LogP contribution is 2.39. The second-order valence-electron chi connectivity index (χ2n) is 5.57. The normalized spacial score (nSPS) is 25.4. The van der Waals surface area contributed by atoms with Crippen molar-refractivity contribution in [3.05, 3.63) is 16.1 Å². The van der Waals surface area contributed by atoms with Gasteiger partial charge in [0.25, 0.3) is 0 Å². The number of rotatable bonds is 4. The Bertz CT molecular complexity index is 338. The fraction of sp³-hybridized carbons (Fsp3) is 0.786. The third-order valence-corrected chi connectivity index (χ3v) is 5.09. The van der Waals surface area contributed by atoms with E-state index in [2.05, 4.69) is 19.2 Å². The van der Waals surface area contributed by atoms with Crippen molar-refractivity contribution in [3.8, 4) is 0 Å². The van der Waals surface area contributed by atoms with Crippen LogP contribution in [0.5, 0.6) is 0 Å². The highest BCUT2D eigenvalue weighted by molar-refractivity contribution is 7.09. The lowest BCUT2D eigenvalue weighted by atomic mass is 9.77. The van der Waals surface area contributed by atoms with Crippen molar-refractivity contribution in [2.45, 2.75) is 51.9 Å². The molecule has 0 aromatic carbocycles. The molecule has 1 fully saturated rings. The van der Waals surface area contributed by atoms with Crippen molar-refractivity contribution in [1.82, 2.24) is 4.98 Å². The third kappa shape index (κ3) is 3.29. The first-order valence-electron chi connectivity index (χ1n) is 6.85. The van der Waals surface area contributed by atoms with Gasteiger partial charge in [-0.2, -0.15) is 0 Å². The molecule has 1 heterocycles. The van der Waals surface area contributed by atoms with Gasteiger partial charge in [0.15, 0.2) is 0 Å².